The topological polar surface area (TPSA) is 94.3 Å². The summed E-state index contributed by atoms with van der Waals surface area (Å²) in [5.41, 5.74) is 1.36. The van der Waals surface area contributed by atoms with Crippen molar-refractivity contribution in [1.29, 1.82) is 0 Å². The first-order valence-electron chi connectivity index (χ1n) is 7.92. The minimum absolute atomic E-state index is 0.0717. The van der Waals surface area contributed by atoms with E-state index in [4.69, 9.17) is 14.2 Å². The number of aromatic nitrogens is 2. The Bertz CT molecular complexity index is 1000. The van der Waals surface area contributed by atoms with Crippen LogP contribution in [0.25, 0.3) is 5.65 Å². The number of nitrogens with zero attached hydrogens (tertiary/aromatic N) is 2. The van der Waals surface area contributed by atoms with Crippen molar-refractivity contribution in [3.63, 3.8) is 0 Å². The number of carbonyl (C=O) groups is 1. The summed E-state index contributed by atoms with van der Waals surface area (Å²) in [7, 11) is 4.45. The maximum atomic E-state index is 12.7. The molecular formula is C18H18BrN3O5. The van der Waals surface area contributed by atoms with E-state index in [1.165, 1.54) is 21.3 Å². The Balaban J connectivity index is 1.86. The minimum Gasteiger partial charge on any atom is -0.504 e. The van der Waals surface area contributed by atoms with Crippen LogP contribution in [-0.2, 0) is 6.54 Å². The highest BCUT2D eigenvalue weighted by Crippen LogP contribution is 2.44. The Morgan fingerprint density at radius 2 is 2.00 bits per heavy atom. The molecule has 0 aliphatic heterocycles. The lowest BCUT2D eigenvalue weighted by atomic mass is 10.1. The predicted octanol–water partition coefficient (Wildman–Crippen LogP) is 2.76. The van der Waals surface area contributed by atoms with Gasteiger partial charge < -0.3 is 29.0 Å². The van der Waals surface area contributed by atoms with Gasteiger partial charge >= 0.3 is 0 Å². The standard InChI is InChI=1S/C18H18BrN3O5/c1-25-13-7-11(14(19)16(27-3)15(13)26-2)18(24)20-8-10-9-22-6-4-5-12(23)17(22)21-10/h4-7,9,23H,8H2,1-3H3,(H,20,24). The van der Waals surface area contributed by atoms with Crippen LogP contribution in [0, 0.1) is 0 Å². The van der Waals surface area contributed by atoms with Crippen LogP contribution >= 0.6 is 15.9 Å². The molecule has 0 radical (unpaired) electrons. The van der Waals surface area contributed by atoms with E-state index in [0.29, 0.717) is 38.6 Å². The number of ether oxygens (including phenoxy) is 3. The number of nitrogens with one attached hydrogen (secondary N) is 1. The fourth-order valence-electron chi connectivity index (χ4n) is 2.69. The molecule has 3 aromatic rings. The van der Waals surface area contributed by atoms with E-state index in [2.05, 4.69) is 26.2 Å². The fraction of sp³-hybridized carbons (Fsp3) is 0.222. The Kier molecular flexibility index (Phi) is 5.41. The van der Waals surface area contributed by atoms with Crippen molar-refractivity contribution < 1.29 is 24.1 Å². The van der Waals surface area contributed by atoms with Gasteiger partial charge in [0, 0.05) is 12.4 Å². The molecule has 0 aliphatic rings. The number of methoxy groups -OCH3 is 3. The molecule has 2 heterocycles. The van der Waals surface area contributed by atoms with E-state index in [9.17, 15) is 9.90 Å². The number of benzene rings is 1. The van der Waals surface area contributed by atoms with Crippen LogP contribution in [0.4, 0.5) is 0 Å². The first-order chi connectivity index (χ1) is 13.0. The molecule has 27 heavy (non-hydrogen) atoms. The zero-order valence-corrected chi connectivity index (χ0v) is 16.5. The third-order valence-corrected chi connectivity index (χ3v) is 4.74. The van der Waals surface area contributed by atoms with Crippen LogP contribution in [0.3, 0.4) is 0 Å². The summed E-state index contributed by atoms with van der Waals surface area (Å²) in [6.07, 6.45) is 3.50. The molecule has 0 spiro atoms. The lowest BCUT2D eigenvalue weighted by molar-refractivity contribution is 0.0948. The van der Waals surface area contributed by atoms with Gasteiger partial charge in [-0.1, -0.05) is 0 Å². The SMILES string of the molecule is COc1cc(C(=O)NCc2cn3cccc(O)c3n2)c(Br)c(OC)c1OC. The Hall–Kier alpha value is -2.94. The van der Waals surface area contributed by atoms with Crippen molar-refractivity contribution in [2.24, 2.45) is 0 Å². The van der Waals surface area contributed by atoms with Gasteiger partial charge in [0.15, 0.2) is 22.9 Å². The van der Waals surface area contributed by atoms with Crippen LogP contribution in [0.5, 0.6) is 23.0 Å². The Morgan fingerprint density at radius 1 is 1.26 bits per heavy atom. The molecule has 0 saturated carbocycles. The molecule has 0 bridgehead atoms. The molecule has 2 N–H and O–H groups in total. The van der Waals surface area contributed by atoms with Crippen LogP contribution in [0.15, 0.2) is 35.1 Å². The normalized spacial score (nSPS) is 10.7. The monoisotopic (exact) mass is 435 g/mol. The first-order valence-corrected chi connectivity index (χ1v) is 8.71. The number of hydrogen-bond donors (Lipinski definition) is 2. The molecule has 142 valence electrons. The number of rotatable bonds is 6. The lowest BCUT2D eigenvalue weighted by Gasteiger charge is -2.16. The molecule has 1 aromatic carbocycles. The Labute approximate surface area is 163 Å². The molecule has 0 unspecified atom stereocenters. The van der Waals surface area contributed by atoms with E-state index in [1.807, 2.05) is 0 Å². The van der Waals surface area contributed by atoms with Crippen LogP contribution < -0.4 is 19.5 Å². The molecule has 9 heteroatoms. The molecule has 0 atom stereocenters. The number of carbonyl (C=O) groups excluding carboxylic acids is 1. The average molecular weight is 436 g/mol. The second-order valence-corrected chi connectivity index (χ2v) is 6.34. The molecule has 0 aliphatic carbocycles. The van der Waals surface area contributed by atoms with Crippen molar-refractivity contribution in [1.82, 2.24) is 14.7 Å². The van der Waals surface area contributed by atoms with E-state index in [0.717, 1.165) is 0 Å². The third-order valence-electron chi connectivity index (χ3n) is 3.96. The smallest absolute Gasteiger partial charge is 0.253 e. The number of pyridine rings is 1. The van der Waals surface area contributed by atoms with E-state index in [-0.39, 0.29) is 18.2 Å². The maximum absolute atomic E-state index is 12.7. The highest BCUT2D eigenvalue weighted by molar-refractivity contribution is 9.10. The van der Waals surface area contributed by atoms with Crippen LogP contribution in [0.2, 0.25) is 0 Å². The number of amides is 1. The van der Waals surface area contributed by atoms with E-state index < -0.39 is 0 Å². The van der Waals surface area contributed by atoms with Crippen molar-refractivity contribution in [3.8, 4) is 23.0 Å². The number of halogens is 1. The number of aromatic hydroxyl groups is 1. The number of imidazole rings is 1. The summed E-state index contributed by atoms with van der Waals surface area (Å²) in [5.74, 6) is 0.851. The van der Waals surface area contributed by atoms with Gasteiger partial charge in [0.25, 0.3) is 5.91 Å². The summed E-state index contributed by atoms with van der Waals surface area (Å²) in [6.45, 7) is 0.184. The molecular weight excluding hydrogens is 418 g/mol. The lowest BCUT2D eigenvalue weighted by Crippen LogP contribution is -2.23. The molecule has 0 fully saturated rings. The summed E-state index contributed by atoms with van der Waals surface area (Å²) < 4.78 is 18.1. The highest BCUT2D eigenvalue weighted by Gasteiger charge is 2.23. The maximum Gasteiger partial charge on any atom is 0.253 e. The molecule has 1 amide bonds. The molecule has 3 rings (SSSR count). The van der Waals surface area contributed by atoms with Crippen molar-refractivity contribution in [2.75, 3.05) is 21.3 Å². The minimum atomic E-state index is -0.345. The second-order valence-electron chi connectivity index (χ2n) is 5.55. The van der Waals surface area contributed by atoms with Crippen LogP contribution in [-0.4, -0.2) is 41.7 Å². The quantitative estimate of drug-likeness (QED) is 0.617. The molecule has 8 nitrogen and oxygen atoms in total. The van der Waals surface area contributed by atoms with Gasteiger partial charge in [0.1, 0.15) is 0 Å². The van der Waals surface area contributed by atoms with Crippen molar-refractivity contribution in [3.05, 3.63) is 46.3 Å². The predicted molar refractivity (Wildman–Crippen MR) is 102 cm³/mol. The molecule has 2 aromatic heterocycles. The van der Waals surface area contributed by atoms with Crippen molar-refractivity contribution >= 4 is 27.5 Å². The van der Waals surface area contributed by atoms with Gasteiger partial charge in [-0.2, -0.15) is 0 Å². The second kappa shape index (κ2) is 7.75. The van der Waals surface area contributed by atoms with Gasteiger partial charge in [-0.05, 0) is 34.1 Å². The zero-order valence-electron chi connectivity index (χ0n) is 14.9. The fourth-order valence-corrected chi connectivity index (χ4v) is 3.32. The summed E-state index contributed by atoms with van der Waals surface area (Å²) in [4.78, 5) is 17.0. The van der Waals surface area contributed by atoms with Crippen LogP contribution in [0.1, 0.15) is 16.1 Å². The largest absolute Gasteiger partial charge is 0.504 e. The highest BCUT2D eigenvalue weighted by atomic mass is 79.9. The third kappa shape index (κ3) is 3.50. The van der Waals surface area contributed by atoms with Gasteiger partial charge in [-0.15, -0.1) is 0 Å². The van der Waals surface area contributed by atoms with Crippen molar-refractivity contribution in [2.45, 2.75) is 6.54 Å². The van der Waals surface area contributed by atoms with Gasteiger partial charge in [0.05, 0.1) is 43.6 Å². The summed E-state index contributed by atoms with van der Waals surface area (Å²) in [6, 6.07) is 4.83. The zero-order chi connectivity index (χ0) is 19.6. The Morgan fingerprint density at radius 3 is 2.63 bits per heavy atom. The molecule has 0 saturated heterocycles. The van der Waals surface area contributed by atoms with Gasteiger partial charge in [-0.25, -0.2) is 4.98 Å². The number of hydrogen-bond acceptors (Lipinski definition) is 6. The summed E-state index contributed by atoms with van der Waals surface area (Å²) in [5, 5.41) is 12.6. The van der Waals surface area contributed by atoms with Gasteiger partial charge in [0.2, 0.25) is 5.75 Å². The first kappa shape index (κ1) is 18.8. The van der Waals surface area contributed by atoms with E-state index in [1.54, 1.807) is 35.0 Å². The van der Waals surface area contributed by atoms with Gasteiger partial charge in [-0.3, -0.25) is 4.79 Å². The average Bonchev–Trinajstić information content (AvgIpc) is 3.10. The van der Waals surface area contributed by atoms with E-state index >= 15 is 0 Å². The number of fused-ring (bicyclic) bond motifs is 1. The summed E-state index contributed by atoms with van der Waals surface area (Å²) >= 11 is 3.39.